The second kappa shape index (κ2) is 7.93. The van der Waals surface area contributed by atoms with Gasteiger partial charge in [-0.25, -0.2) is 0 Å². The van der Waals surface area contributed by atoms with E-state index in [4.69, 9.17) is 5.73 Å². The summed E-state index contributed by atoms with van der Waals surface area (Å²) in [4.78, 5) is 11.4. The maximum absolute atomic E-state index is 11.4. The van der Waals surface area contributed by atoms with Crippen molar-refractivity contribution in [2.45, 2.75) is 49.9 Å². The number of amides is 1. The summed E-state index contributed by atoms with van der Waals surface area (Å²) in [6, 6.07) is 8.17. The number of unbranched alkanes of at least 4 members (excludes halogenated alkanes) is 1. The lowest BCUT2D eigenvalue weighted by atomic mass is 10.1. The van der Waals surface area contributed by atoms with E-state index < -0.39 is 0 Å². The minimum absolute atomic E-state index is 0.325. The number of aromatic nitrogens is 4. The SMILES string of the molecule is CCCCc1ccc(-n2nnnc2SC(CC)C(N)=O)cc1. The molecular weight excluding hydrogens is 298 g/mol. The van der Waals surface area contributed by atoms with E-state index in [9.17, 15) is 4.79 Å². The Kier molecular flexibility index (Phi) is 5.94. The van der Waals surface area contributed by atoms with Crippen molar-refractivity contribution in [1.29, 1.82) is 0 Å². The van der Waals surface area contributed by atoms with Crippen LogP contribution in [0.5, 0.6) is 0 Å². The summed E-state index contributed by atoms with van der Waals surface area (Å²) < 4.78 is 1.64. The number of primary amides is 1. The number of rotatable bonds is 8. The third-order valence-corrected chi connectivity index (χ3v) is 4.69. The van der Waals surface area contributed by atoms with Crippen LogP contribution in [-0.4, -0.2) is 31.4 Å². The molecule has 2 N–H and O–H groups in total. The summed E-state index contributed by atoms with van der Waals surface area (Å²) in [6.07, 6.45) is 4.08. The predicted octanol–water partition coefficient (Wildman–Crippen LogP) is 2.36. The maximum Gasteiger partial charge on any atom is 0.231 e. The van der Waals surface area contributed by atoms with E-state index in [0.717, 1.165) is 12.1 Å². The summed E-state index contributed by atoms with van der Waals surface area (Å²) in [7, 11) is 0. The molecule has 0 aliphatic heterocycles. The first-order chi connectivity index (χ1) is 10.7. The van der Waals surface area contributed by atoms with Crippen molar-refractivity contribution in [3.63, 3.8) is 0 Å². The van der Waals surface area contributed by atoms with Gasteiger partial charge in [-0.1, -0.05) is 44.2 Å². The Morgan fingerprint density at radius 3 is 2.64 bits per heavy atom. The van der Waals surface area contributed by atoms with Gasteiger partial charge in [-0.3, -0.25) is 4.79 Å². The van der Waals surface area contributed by atoms with Crippen molar-refractivity contribution in [3.05, 3.63) is 29.8 Å². The molecule has 0 aliphatic rings. The van der Waals surface area contributed by atoms with Gasteiger partial charge in [0.25, 0.3) is 0 Å². The molecule has 0 saturated carbocycles. The average Bonchev–Trinajstić information content (AvgIpc) is 2.99. The molecule has 1 amide bonds. The molecule has 0 aliphatic carbocycles. The van der Waals surface area contributed by atoms with Crippen molar-refractivity contribution in [2.24, 2.45) is 5.73 Å². The van der Waals surface area contributed by atoms with Gasteiger partial charge >= 0.3 is 0 Å². The smallest absolute Gasteiger partial charge is 0.231 e. The zero-order valence-electron chi connectivity index (χ0n) is 12.9. The van der Waals surface area contributed by atoms with Gasteiger partial charge in [-0.2, -0.15) is 4.68 Å². The van der Waals surface area contributed by atoms with Crippen LogP contribution in [0.2, 0.25) is 0 Å². The quantitative estimate of drug-likeness (QED) is 0.755. The van der Waals surface area contributed by atoms with Crippen molar-refractivity contribution >= 4 is 17.7 Å². The van der Waals surface area contributed by atoms with Gasteiger partial charge in [0.2, 0.25) is 11.1 Å². The van der Waals surface area contributed by atoms with E-state index in [0.29, 0.717) is 11.6 Å². The van der Waals surface area contributed by atoms with Crippen molar-refractivity contribution < 1.29 is 4.79 Å². The molecule has 118 valence electrons. The molecule has 2 rings (SSSR count). The van der Waals surface area contributed by atoms with Crippen LogP contribution < -0.4 is 5.73 Å². The average molecular weight is 319 g/mol. The van der Waals surface area contributed by atoms with Crippen molar-refractivity contribution in [2.75, 3.05) is 0 Å². The van der Waals surface area contributed by atoms with E-state index in [-0.39, 0.29) is 11.2 Å². The number of carbonyl (C=O) groups excluding carboxylic acids is 1. The molecule has 1 aromatic carbocycles. The van der Waals surface area contributed by atoms with Gasteiger partial charge in [0.05, 0.1) is 10.9 Å². The third-order valence-electron chi connectivity index (χ3n) is 3.38. The highest BCUT2D eigenvalue weighted by Crippen LogP contribution is 2.24. The first kappa shape index (κ1) is 16.5. The van der Waals surface area contributed by atoms with Crippen LogP contribution in [0.4, 0.5) is 0 Å². The standard InChI is InChI=1S/C15H21N5OS/c1-3-5-6-11-7-9-12(10-8-11)20-15(17-18-19-20)22-13(4-2)14(16)21/h7-10,13H,3-6H2,1-2H3,(H2,16,21). The van der Waals surface area contributed by atoms with Gasteiger partial charge in [0.1, 0.15) is 0 Å². The molecule has 7 heteroatoms. The largest absolute Gasteiger partial charge is 0.369 e. The van der Waals surface area contributed by atoms with E-state index >= 15 is 0 Å². The summed E-state index contributed by atoms with van der Waals surface area (Å²) in [5.74, 6) is -0.350. The van der Waals surface area contributed by atoms with Crippen LogP contribution in [0, 0.1) is 0 Å². The molecule has 0 spiro atoms. The van der Waals surface area contributed by atoms with E-state index in [1.165, 1.54) is 30.2 Å². The van der Waals surface area contributed by atoms with Crippen LogP contribution in [-0.2, 0) is 11.2 Å². The number of tetrazole rings is 1. The summed E-state index contributed by atoms with van der Waals surface area (Å²) in [5, 5.41) is 12.0. The Bertz CT molecular complexity index is 611. The molecule has 6 nitrogen and oxygen atoms in total. The van der Waals surface area contributed by atoms with Crippen LogP contribution in [0.15, 0.2) is 29.4 Å². The number of aryl methyl sites for hydroxylation is 1. The third kappa shape index (κ3) is 4.07. The molecule has 0 radical (unpaired) electrons. The summed E-state index contributed by atoms with van der Waals surface area (Å²) in [6.45, 7) is 4.10. The van der Waals surface area contributed by atoms with Crippen LogP contribution >= 0.6 is 11.8 Å². The fourth-order valence-corrected chi connectivity index (χ4v) is 2.93. The molecule has 0 bridgehead atoms. The normalized spacial score (nSPS) is 12.3. The van der Waals surface area contributed by atoms with Crippen LogP contribution in [0.25, 0.3) is 5.69 Å². The Balaban J connectivity index is 2.16. The molecule has 2 aromatic rings. The first-order valence-electron chi connectivity index (χ1n) is 7.49. The Morgan fingerprint density at radius 2 is 2.05 bits per heavy atom. The lowest BCUT2D eigenvalue weighted by Gasteiger charge is -2.10. The number of thioether (sulfide) groups is 1. The molecule has 22 heavy (non-hydrogen) atoms. The first-order valence-corrected chi connectivity index (χ1v) is 8.37. The number of hydrogen-bond acceptors (Lipinski definition) is 5. The number of carbonyl (C=O) groups is 1. The van der Waals surface area contributed by atoms with E-state index in [1.807, 2.05) is 19.1 Å². The van der Waals surface area contributed by atoms with E-state index in [1.54, 1.807) is 4.68 Å². The van der Waals surface area contributed by atoms with Gasteiger partial charge < -0.3 is 5.73 Å². The Morgan fingerprint density at radius 1 is 1.32 bits per heavy atom. The lowest BCUT2D eigenvalue weighted by molar-refractivity contribution is -0.117. The molecule has 0 saturated heterocycles. The number of benzene rings is 1. The highest BCUT2D eigenvalue weighted by atomic mass is 32.2. The highest BCUT2D eigenvalue weighted by Gasteiger charge is 2.19. The molecule has 1 atom stereocenters. The lowest BCUT2D eigenvalue weighted by Crippen LogP contribution is -2.25. The van der Waals surface area contributed by atoms with Crippen LogP contribution in [0.1, 0.15) is 38.7 Å². The molecule has 1 unspecified atom stereocenters. The second-order valence-corrected chi connectivity index (χ2v) is 6.23. The zero-order valence-corrected chi connectivity index (χ0v) is 13.7. The van der Waals surface area contributed by atoms with E-state index in [2.05, 4.69) is 34.6 Å². The number of nitrogens with zero attached hydrogens (tertiary/aromatic N) is 4. The summed E-state index contributed by atoms with van der Waals surface area (Å²) in [5.41, 5.74) is 7.57. The minimum atomic E-state index is -0.350. The fourth-order valence-electron chi connectivity index (χ4n) is 2.07. The fraction of sp³-hybridized carbons (Fsp3) is 0.467. The minimum Gasteiger partial charge on any atom is -0.369 e. The monoisotopic (exact) mass is 319 g/mol. The number of nitrogens with two attached hydrogens (primary N) is 1. The van der Waals surface area contributed by atoms with Crippen molar-refractivity contribution in [1.82, 2.24) is 20.2 Å². The predicted molar refractivity (Wildman–Crippen MR) is 86.9 cm³/mol. The Labute approximate surface area is 134 Å². The Hall–Kier alpha value is -1.89. The van der Waals surface area contributed by atoms with Gasteiger partial charge in [0, 0.05) is 0 Å². The highest BCUT2D eigenvalue weighted by molar-refractivity contribution is 8.00. The topological polar surface area (TPSA) is 86.7 Å². The van der Waals surface area contributed by atoms with Crippen molar-refractivity contribution in [3.8, 4) is 5.69 Å². The maximum atomic E-state index is 11.4. The molecule has 1 heterocycles. The molecule has 0 fully saturated rings. The zero-order chi connectivity index (χ0) is 15.9. The van der Waals surface area contributed by atoms with Crippen LogP contribution in [0.3, 0.4) is 0 Å². The number of hydrogen-bond donors (Lipinski definition) is 1. The molecular formula is C15H21N5OS. The second-order valence-electron chi connectivity index (χ2n) is 5.06. The van der Waals surface area contributed by atoms with Gasteiger partial charge in [0.15, 0.2) is 0 Å². The summed E-state index contributed by atoms with van der Waals surface area (Å²) >= 11 is 1.30. The van der Waals surface area contributed by atoms with Gasteiger partial charge in [-0.05, 0) is 47.4 Å². The van der Waals surface area contributed by atoms with Gasteiger partial charge in [-0.15, -0.1) is 5.10 Å². The molecule has 1 aromatic heterocycles.